The minimum atomic E-state index is -0.937. The van der Waals surface area contributed by atoms with Gasteiger partial charge in [0.25, 0.3) is 0 Å². The number of hydrogen-bond acceptors (Lipinski definition) is 3. The van der Waals surface area contributed by atoms with E-state index in [1.807, 2.05) is 6.07 Å². The summed E-state index contributed by atoms with van der Waals surface area (Å²) >= 11 is 0. The van der Waals surface area contributed by atoms with Crippen LogP contribution in [0.5, 0.6) is 0 Å². The van der Waals surface area contributed by atoms with Gasteiger partial charge in [-0.2, -0.15) is 0 Å². The standard InChI is InChI=1S/C14H20N2O3/c15-9-5-4-8-13(17)16-10-12(14(18)19)11-6-2-1-3-7-11/h1-3,6-7,12H,4-5,8-10,15H2,(H,16,17)(H,18,19). The summed E-state index contributed by atoms with van der Waals surface area (Å²) in [6, 6.07) is 8.90. The second kappa shape index (κ2) is 8.26. The first kappa shape index (κ1) is 15.2. The molecule has 0 aliphatic rings. The summed E-state index contributed by atoms with van der Waals surface area (Å²) < 4.78 is 0. The lowest BCUT2D eigenvalue weighted by Crippen LogP contribution is -2.31. The predicted octanol–water partition coefficient (Wildman–Crippen LogP) is 1.10. The van der Waals surface area contributed by atoms with Crippen molar-refractivity contribution >= 4 is 11.9 Å². The number of benzene rings is 1. The van der Waals surface area contributed by atoms with Gasteiger partial charge in [0.1, 0.15) is 0 Å². The lowest BCUT2D eigenvalue weighted by molar-refractivity contribution is -0.138. The van der Waals surface area contributed by atoms with Gasteiger partial charge in [-0.25, -0.2) is 0 Å². The molecular weight excluding hydrogens is 244 g/mol. The molecule has 5 heteroatoms. The van der Waals surface area contributed by atoms with Crippen LogP contribution in [0.3, 0.4) is 0 Å². The largest absolute Gasteiger partial charge is 0.481 e. The topological polar surface area (TPSA) is 92.4 Å². The van der Waals surface area contributed by atoms with Crippen LogP contribution in [0.4, 0.5) is 0 Å². The van der Waals surface area contributed by atoms with E-state index in [0.29, 0.717) is 18.5 Å². The maximum atomic E-state index is 11.5. The fourth-order valence-electron chi connectivity index (χ4n) is 1.77. The molecule has 104 valence electrons. The molecule has 5 nitrogen and oxygen atoms in total. The zero-order valence-corrected chi connectivity index (χ0v) is 10.8. The van der Waals surface area contributed by atoms with Crippen LogP contribution >= 0.6 is 0 Å². The monoisotopic (exact) mass is 264 g/mol. The minimum Gasteiger partial charge on any atom is -0.481 e. The van der Waals surface area contributed by atoms with Crippen molar-refractivity contribution in [3.63, 3.8) is 0 Å². The van der Waals surface area contributed by atoms with Gasteiger partial charge >= 0.3 is 5.97 Å². The number of carbonyl (C=O) groups excluding carboxylic acids is 1. The third kappa shape index (κ3) is 5.52. The highest BCUT2D eigenvalue weighted by Crippen LogP contribution is 2.14. The van der Waals surface area contributed by atoms with Crippen molar-refractivity contribution in [1.29, 1.82) is 0 Å². The number of unbranched alkanes of at least 4 members (excludes halogenated alkanes) is 1. The molecule has 0 aliphatic carbocycles. The molecule has 0 saturated carbocycles. The summed E-state index contributed by atoms with van der Waals surface area (Å²) in [5.41, 5.74) is 6.04. The van der Waals surface area contributed by atoms with Gasteiger partial charge in [-0.3, -0.25) is 9.59 Å². The summed E-state index contributed by atoms with van der Waals surface area (Å²) in [5.74, 6) is -1.77. The molecule has 1 rings (SSSR count). The first-order valence-electron chi connectivity index (χ1n) is 6.39. The summed E-state index contributed by atoms with van der Waals surface area (Å²) in [6.45, 7) is 0.676. The second-order valence-electron chi connectivity index (χ2n) is 4.35. The van der Waals surface area contributed by atoms with Gasteiger partial charge in [0.05, 0.1) is 5.92 Å². The molecule has 0 aromatic heterocycles. The third-order valence-corrected chi connectivity index (χ3v) is 2.86. The predicted molar refractivity (Wildman–Crippen MR) is 72.7 cm³/mol. The third-order valence-electron chi connectivity index (χ3n) is 2.86. The molecule has 1 aromatic rings. The van der Waals surface area contributed by atoms with E-state index in [1.54, 1.807) is 24.3 Å². The Bertz CT molecular complexity index is 406. The van der Waals surface area contributed by atoms with E-state index in [9.17, 15) is 14.7 Å². The fourth-order valence-corrected chi connectivity index (χ4v) is 1.77. The molecule has 0 spiro atoms. The highest BCUT2D eigenvalue weighted by Gasteiger charge is 2.20. The molecule has 1 amide bonds. The van der Waals surface area contributed by atoms with Crippen molar-refractivity contribution in [2.24, 2.45) is 5.73 Å². The highest BCUT2D eigenvalue weighted by atomic mass is 16.4. The molecule has 4 N–H and O–H groups in total. The van der Waals surface area contributed by atoms with Crippen LogP contribution in [-0.2, 0) is 9.59 Å². The Hall–Kier alpha value is -1.88. The number of hydrogen-bond donors (Lipinski definition) is 3. The summed E-state index contributed by atoms with van der Waals surface area (Å²) in [7, 11) is 0. The van der Waals surface area contributed by atoms with Gasteiger partial charge in [-0.05, 0) is 24.9 Å². The first-order chi connectivity index (χ1) is 9.15. The molecule has 1 unspecified atom stereocenters. The normalized spacial score (nSPS) is 11.8. The molecule has 1 aromatic carbocycles. The Morgan fingerprint density at radius 2 is 1.89 bits per heavy atom. The van der Waals surface area contributed by atoms with Crippen LogP contribution in [0.2, 0.25) is 0 Å². The van der Waals surface area contributed by atoms with E-state index in [0.717, 1.165) is 12.8 Å². The van der Waals surface area contributed by atoms with E-state index in [1.165, 1.54) is 0 Å². The molecule has 0 heterocycles. The van der Waals surface area contributed by atoms with Crippen LogP contribution in [0.15, 0.2) is 30.3 Å². The lowest BCUT2D eigenvalue weighted by atomic mass is 9.99. The number of carboxylic acids is 1. The SMILES string of the molecule is NCCCCC(=O)NCC(C(=O)O)c1ccccc1. The number of nitrogens with two attached hydrogens (primary N) is 1. The van der Waals surface area contributed by atoms with Crippen molar-refractivity contribution in [2.45, 2.75) is 25.2 Å². The van der Waals surface area contributed by atoms with E-state index < -0.39 is 11.9 Å². The van der Waals surface area contributed by atoms with E-state index in [2.05, 4.69) is 5.32 Å². The van der Waals surface area contributed by atoms with Crippen molar-refractivity contribution in [1.82, 2.24) is 5.32 Å². The van der Waals surface area contributed by atoms with Gasteiger partial charge < -0.3 is 16.2 Å². The number of nitrogens with one attached hydrogen (secondary N) is 1. The van der Waals surface area contributed by atoms with Crippen LogP contribution in [0.1, 0.15) is 30.7 Å². The molecule has 0 bridgehead atoms. The molecule has 0 aliphatic heterocycles. The summed E-state index contributed by atoms with van der Waals surface area (Å²) in [4.78, 5) is 22.7. The zero-order valence-electron chi connectivity index (χ0n) is 10.8. The van der Waals surface area contributed by atoms with Crippen molar-refractivity contribution in [2.75, 3.05) is 13.1 Å². The van der Waals surface area contributed by atoms with Gasteiger partial charge in [0.2, 0.25) is 5.91 Å². The molecule has 1 atom stereocenters. The minimum absolute atomic E-state index is 0.112. The van der Waals surface area contributed by atoms with Crippen molar-refractivity contribution in [3.8, 4) is 0 Å². The van der Waals surface area contributed by atoms with Crippen molar-refractivity contribution in [3.05, 3.63) is 35.9 Å². The average Bonchev–Trinajstić information content (AvgIpc) is 2.40. The maximum absolute atomic E-state index is 11.5. The Morgan fingerprint density at radius 1 is 1.21 bits per heavy atom. The number of amides is 1. The van der Waals surface area contributed by atoms with E-state index in [-0.39, 0.29) is 12.5 Å². The van der Waals surface area contributed by atoms with Gasteiger partial charge in [0.15, 0.2) is 0 Å². The Kier molecular flexibility index (Phi) is 6.60. The van der Waals surface area contributed by atoms with Crippen LogP contribution < -0.4 is 11.1 Å². The summed E-state index contributed by atoms with van der Waals surface area (Å²) in [6.07, 6.45) is 1.91. The van der Waals surface area contributed by atoms with Crippen LogP contribution in [0, 0.1) is 0 Å². The Morgan fingerprint density at radius 3 is 2.47 bits per heavy atom. The van der Waals surface area contributed by atoms with Crippen molar-refractivity contribution < 1.29 is 14.7 Å². The molecule has 0 saturated heterocycles. The highest BCUT2D eigenvalue weighted by molar-refractivity contribution is 5.79. The van der Waals surface area contributed by atoms with Crippen LogP contribution in [-0.4, -0.2) is 30.1 Å². The Balaban J connectivity index is 2.47. The van der Waals surface area contributed by atoms with E-state index >= 15 is 0 Å². The number of carbonyl (C=O) groups is 2. The fraction of sp³-hybridized carbons (Fsp3) is 0.429. The van der Waals surface area contributed by atoms with Crippen LogP contribution in [0.25, 0.3) is 0 Å². The molecular formula is C14H20N2O3. The van der Waals surface area contributed by atoms with E-state index in [4.69, 9.17) is 5.73 Å². The van der Waals surface area contributed by atoms with Gasteiger partial charge in [-0.15, -0.1) is 0 Å². The lowest BCUT2D eigenvalue weighted by Gasteiger charge is -2.13. The zero-order chi connectivity index (χ0) is 14.1. The molecule has 19 heavy (non-hydrogen) atoms. The molecule has 0 radical (unpaired) electrons. The maximum Gasteiger partial charge on any atom is 0.312 e. The quantitative estimate of drug-likeness (QED) is 0.613. The second-order valence-corrected chi connectivity index (χ2v) is 4.35. The number of aliphatic carboxylic acids is 1. The summed E-state index contributed by atoms with van der Waals surface area (Å²) in [5, 5.41) is 11.8. The van der Waals surface area contributed by atoms with Gasteiger partial charge in [-0.1, -0.05) is 30.3 Å². The average molecular weight is 264 g/mol. The number of carboxylic acid groups (broad SMARTS) is 1. The Labute approximate surface area is 112 Å². The first-order valence-corrected chi connectivity index (χ1v) is 6.39. The van der Waals surface area contributed by atoms with Gasteiger partial charge in [0, 0.05) is 13.0 Å². The number of rotatable bonds is 8. The molecule has 0 fully saturated rings. The smallest absolute Gasteiger partial charge is 0.312 e.